The van der Waals surface area contributed by atoms with Gasteiger partial charge in [0.25, 0.3) is 0 Å². The van der Waals surface area contributed by atoms with E-state index in [1.807, 2.05) is 6.07 Å². The normalized spacial score (nSPS) is 14.0. The molecule has 1 saturated carbocycles. The molecule has 4 nitrogen and oxygen atoms in total. The van der Waals surface area contributed by atoms with Gasteiger partial charge in [0.05, 0.1) is 6.61 Å². The summed E-state index contributed by atoms with van der Waals surface area (Å²) in [6.45, 7) is 1.99. The van der Waals surface area contributed by atoms with E-state index in [4.69, 9.17) is 14.9 Å². The largest absolute Gasteiger partial charge is 0.462 e. The molecule has 2 aromatic carbocycles. The van der Waals surface area contributed by atoms with Crippen molar-refractivity contribution in [3.8, 4) is 11.3 Å². The number of furan rings is 1. The minimum Gasteiger partial charge on any atom is -0.462 e. The molecule has 4 rings (SSSR count). The second kappa shape index (κ2) is 5.92. The molecule has 25 heavy (non-hydrogen) atoms. The molecule has 0 bridgehead atoms. The maximum atomic E-state index is 13.7. The van der Waals surface area contributed by atoms with Crippen LogP contribution in [-0.4, -0.2) is 12.6 Å². The zero-order valence-corrected chi connectivity index (χ0v) is 13.8. The summed E-state index contributed by atoms with van der Waals surface area (Å²) in [6, 6.07) is 9.63. The van der Waals surface area contributed by atoms with Crippen LogP contribution in [0.4, 0.5) is 10.1 Å². The van der Waals surface area contributed by atoms with E-state index >= 15 is 0 Å². The van der Waals surface area contributed by atoms with Crippen LogP contribution in [-0.2, 0) is 4.74 Å². The molecule has 128 valence electrons. The van der Waals surface area contributed by atoms with Crippen molar-refractivity contribution in [3.63, 3.8) is 0 Å². The van der Waals surface area contributed by atoms with Gasteiger partial charge in [0.1, 0.15) is 22.7 Å². The van der Waals surface area contributed by atoms with Gasteiger partial charge in [-0.25, -0.2) is 9.18 Å². The summed E-state index contributed by atoms with van der Waals surface area (Å²) in [7, 11) is 0. The molecular formula is C20H18FNO3. The van der Waals surface area contributed by atoms with Gasteiger partial charge in [0, 0.05) is 22.7 Å². The Balaban J connectivity index is 1.97. The van der Waals surface area contributed by atoms with Crippen LogP contribution in [0.2, 0.25) is 0 Å². The summed E-state index contributed by atoms with van der Waals surface area (Å²) in [5.41, 5.74) is 9.16. The topological polar surface area (TPSA) is 65.5 Å². The Kier molecular flexibility index (Phi) is 3.71. The van der Waals surface area contributed by atoms with Crippen molar-refractivity contribution >= 4 is 22.6 Å². The fraction of sp³-hybridized carbons (Fsp3) is 0.250. The van der Waals surface area contributed by atoms with Crippen LogP contribution in [0.5, 0.6) is 0 Å². The van der Waals surface area contributed by atoms with Crippen LogP contribution in [0, 0.1) is 5.82 Å². The molecule has 1 aromatic heterocycles. The van der Waals surface area contributed by atoms with Crippen molar-refractivity contribution in [2.45, 2.75) is 25.7 Å². The smallest absolute Gasteiger partial charge is 0.342 e. The molecule has 5 heteroatoms. The second-order valence-corrected chi connectivity index (χ2v) is 6.29. The Labute approximate surface area is 144 Å². The fourth-order valence-corrected chi connectivity index (χ4v) is 3.16. The van der Waals surface area contributed by atoms with Crippen molar-refractivity contribution in [1.82, 2.24) is 0 Å². The number of rotatable bonds is 4. The highest BCUT2D eigenvalue weighted by atomic mass is 19.1. The lowest BCUT2D eigenvalue weighted by Crippen LogP contribution is -2.05. The van der Waals surface area contributed by atoms with Gasteiger partial charge >= 0.3 is 5.97 Å². The Bertz CT molecular complexity index is 972. The quantitative estimate of drug-likeness (QED) is 0.544. The first kappa shape index (κ1) is 15.7. The lowest BCUT2D eigenvalue weighted by Gasteiger charge is -2.05. The third kappa shape index (κ3) is 2.76. The van der Waals surface area contributed by atoms with E-state index in [0.29, 0.717) is 39.5 Å². The van der Waals surface area contributed by atoms with Crippen molar-refractivity contribution < 1.29 is 18.3 Å². The van der Waals surface area contributed by atoms with Gasteiger partial charge in [0.2, 0.25) is 0 Å². The minimum absolute atomic E-state index is 0.249. The number of carbonyl (C=O) groups excluding carboxylic acids is 1. The second-order valence-electron chi connectivity index (χ2n) is 6.29. The van der Waals surface area contributed by atoms with Crippen LogP contribution in [0.3, 0.4) is 0 Å². The zero-order valence-electron chi connectivity index (χ0n) is 13.8. The summed E-state index contributed by atoms with van der Waals surface area (Å²) < 4.78 is 24.8. The number of anilines is 1. The molecule has 0 amide bonds. The number of fused-ring (bicyclic) bond motifs is 1. The Morgan fingerprint density at radius 3 is 2.80 bits per heavy atom. The van der Waals surface area contributed by atoms with E-state index in [1.54, 1.807) is 25.1 Å². The van der Waals surface area contributed by atoms with Crippen molar-refractivity contribution in [1.29, 1.82) is 0 Å². The molecule has 1 aliphatic rings. The van der Waals surface area contributed by atoms with Crippen molar-refractivity contribution in [2.24, 2.45) is 0 Å². The zero-order chi connectivity index (χ0) is 17.6. The SMILES string of the molecule is CCOC(=O)c1c(-c2cccc(F)c2)oc2cc(N)c(C3CC3)cc12. The third-order valence-electron chi connectivity index (χ3n) is 4.48. The lowest BCUT2D eigenvalue weighted by atomic mass is 10.0. The number of hydrogen-bond acceptors (Lipinski definition) is 4. The van der Waals surface area contributed by atoms with Gasteiger partial charge in [-0.2, -0.15) is 0 Å². The molecule has 0 atom stereocenters. The first-order chi connectivity index (χ1) is 12.1. The predicted octanol–water partition coefficient (Wildman–Crippen LogP) is 4.88. The maximum Gasteiger partial charge on any atom is 0.342 e. The molecule has 0 aliphatic heterocycles. The molecule has 2 N–H and O–H groups in total. The molecule has 0 radical (unpaired) electrons. The van der Waals surface area contributed by atoms with E-state index in [9.17, 15) is 9.18 Å². The molecule has 0 unspecified atom stereocenters. The van der Waals surface area contributed by atoms with Crippen molar-refractivity contribution in [2.75, 3.05) is 12.3 Å². The Morgan fingerprint density at radius 2 is 2.12 bits per heavy atom. The number of halogens is 1. The monoisotopic (exact) mass is 339 g/mol. The number of esters is 1. The van der Waals surface area contributed by atoms with E-state index in [2.05, 4.69) is 0 Å². The van der Waals surface area contributed by atoms with Gasteiger partial charge in [-0.05, 0) is 49.4 Å². The summed E-state index contributed by atoms with van der Waals surface area (Å²) in [4.78, 5) is 12.6. The fourth-order valence-electron chi connectivity index (χ4n) is 3.16. The average molecular weight is 339 g/mol. The Morgan fingerprint density at radius 1 is 1.32 bits per heavy atom. The highest BCUT2D eigenvalue weighted by Crippen LogP contribution is 2.45. The van der Waals surface area contributed by atoms with Gasteiger partial charge in [-0.1, -0.05) is 12.1 Å². The van der Waals surface area contributed by atoms with Crippen LogP contribution in [0.25, 0.3) is 22.3 Å². The van der Waals surface area contributed by atoms with E-state index < -0.39 is 11.8 Å². The first-order valence-electron chi connectivity index (χ1n) is 8.37. The predicted molar refractivity (Wildman–Crippen MR) is 94.0 cm³/mol. The number of hydrogen-bond donors (Lipinski definition) is 1. The number of carbonyl (C=O) groups is 1. The van der Waals surface area contributed by atoms with Gasteiger partial charge < -0.3 is 14.9 Å². The molecular weight excluding hydrogens is 321 g/mol. The van der Waals surface area contributed by atoms with E-state index in [-0.39, 0.29) is 6.61 Å². The number of benzene rings is 2. The molecule has 1 heterocycles. The van der Waals surface area contributed by atoms with Crippen LogP contribution in [0.15, 0.2) is 40.8 Å². The minimum atomic E-state index is -0.480. The molecule has 1 aliphatic carbocycles. The van der Waals surface area contributed by atoms with Crippen LogP contribution >= 0.6 is 0 Å². The van der Waals surface area contributed by atoms with Gasteiger partial charge in [-0.3, -0.25) is 0 Å². The van der Waals surface area contributed by atoms with Crippen LogP contribution < -0.4 is 5.73 Å². The summed E-state index contributed by atoms with van der Waals surface area (Å²) >= 11 is 0. The van der Waals surface area contributed by atoms with E-state index in [1.165, 1.54) is 12.1 Å². The molecule has 0 saturated heterocycles. The van der Waals surface area contributed by atoms with E-state index in [0.717, 1.165) is 18.4 Å². The number of nitrogen functional groups attached to an aromatic ring is 1. The molecule has 3 aromatic rings. The highest BCUT2D eigenvalue weighted by molar-refractivity contribution is 6.09. The first-order valence-corrected chi connectivity index (χ1v) is 8.37. The standard InChI is InChI=1S/C20H18FNO3/c1-2-24-20(23)18-15-9-14(11-6-7-11)16(22)10-17(15)25-19(18)12-4-3-5-13(21)8-12/h3-5,8-11H,2,6-7,22H2,1H3. The average Bonchev–Trinajstić information content (AvgIpc) is 3.35. The Hall–Kier alpha value is -2.82. The molecule has 1 fully saturated rings. The van der Waals surface area contributed by atoms with Crippen molar-refractivity contribution in [3.05, 3.63) is 53.3 Å². The lowest BCUT2D eigenvalue weighted by molar-refractivity contribution is 0.0528. The van der Waals surface area contributed by atoms with Crippen LogP contribution in [0.1, 0.15) is 41.6 Å². The summed E-state index contributed by atoms with van der Waals surface area (Å²) in [5, 5.41) is 0.661. The maximum absolute atomic E-state index is 13.7. The third-order valence-corrected chi connectivity index (χ3v) is 4.48. The summed E-state index contributed by atoms with van der Waals surface area (Å²) in [5.74, 6) is -0.134. The van der Waals surface area contributed by atoms with Gasteiger partial charge in [0.15, 0.2) is 0 Å². The molecule has 0 spiro atoms. The number of ether oxygens (including phenoxy) is 1. The highest BCUT2D eigenvalue weighted by Gasteiger charge is 2.29. The van der Waals surface area contributed by atoms with Gasteiger partial charge in [-0.15, -0.1) is 0 Å². The number of nitrogens with two attached hydrogens (primary N) is 1. The summed E-state index contributed by atoms with van der Waals surface area (Å²) in [6.07, 6.45) is 2.19.